The number of tetrazole rings is 1. The van der Waals surface area contributed by atoms with E-state index in [1.54, 1.807) is 0 Å². The summed E-state index contributed by atoms with van der Waals surface area (Å²) in [5, 5.41) is 22.5. The molecule has 2 aromatic heterocycles. The maximum Gasteiger partial charge on any atom is 0.228 e. The maximum atomic E-state index is 11.6. The lowest BCUT2D eigenvalue weighted by molar-refractivity contribution is -0.116. The fourth-order valence-electron chi connectivity index (χ4n) is 1.13. The van der Waals surface area contributed by atoms with Crippen LogP contribution in [0.5, 0.6) is 0 Å². The molecule has 9 heteroatoms. The Morgan fingerprint density at radius 3 is 3.06 bits per heavy atom. The summed E-state index contributed by atoms with van der Waals surface area (Å²) in [4.78, 5) is 11.6. The van der Waals surface area contributed by atoms with Gasteiger partial charge in [0.25, 0.3) is 0 Å². The second-order valence-electron chi connectivity index (χ2n) is 3.23. The van der Waals surface area contributed by atoms with Crippen LogP contribution in [0, 0.1) is 0 Å². The van der Waals surface area contributed by atoms with Crippen molar-refractivity contribution in [1.82, 2.24) is 30.4 Å². The third-order valence-corrected chi connectivity index (χ3v) is 2.96. The van der Waals surface area contributed by atoms with Crippen LogP contribution in [0.2, 0.25) is 0 Å². The number of rotatable bonds is 5. The van der Waals surface area contributed by atoms with Gasteiger partial charge in [-0.3, -0.25) is 4.79 Å². The smallest absolute Gasteiger partial charge is 0.228 e. The molecule has 0 aliphatic rings. The minimum atomic E-state index is -0.126. The second-order valence-corrected chi connectivity index (χ2v) is 4.29. The molecule has 0 aliphatic heterocycles. The SMILES string of the molecule is CCc1nnc(NC(=O)CCn2cnnn2)s1. The molecule has 0 aromatic carbocycles. The lowest BCUT2D eigenvalue weighted by atomic mass is 10.4. The molecule has 1 amide bonds. The van der Waals surface area contributed by atoms with Crippen molar-refractivity contribution in [3.05, 3.63) is 11.3 Å². The highest BCUT2D eigenvalue weighted by atomic mass is 32.1. The number of amides is 1. The Kier molecular flexibility index (Phi) is 3.70. The number of aryl methyl sites for hydroxylation is 2. The summed E-state index contributed by atoms with van der Waals surface area (Å²) >= 11 is 1.38. The maximum absolute atomic E-state index is 11.6. The average Bonchev–Trinajstić information content (AvgIpc) is 2.97. The van der Waals surface area contributed by atoms with E-state index in [0.717, 1.165) is 11.4 Å². The quantitative estimate of drug-likeness (QED) is 0.812. The second kappa shape index (κ2) is 5.43. The zero-order valence-corrected chi connectivity index (χ0v) is 10.0. The summed E-state index contributed by atoms with van der Waals surface area (Å²) in [5.41, 5.74) is 0. The Labute approximate surface area is 101 Å². The predicted molar refractivity (Wildman–Crippen MR) is 60.4 cm³/mol. The Bertz CT molecular complexity index is 480. The van der Waals surface area contributed by atoms with Crippen molar-refractivity contribution in [1.29, 1.82) is 0 Å². The molecule has 8 nitrogen and oxygen atoms in total. The summed E-state index contributed by atoms with van der Waals surface area (Å²) in [6.45, 7) is 2.43. The lowest BCUT2D eigenvalue weighted by Crippen LogP contribution is -2.14. The highest BCUT2D eigenvalue weighted by molar-refractivity contribution is 7.15. The minimum Gasteiger partial charge on any atom is -0.300 e. The average molecular weight is 253 g/mol. The van der Waals surface area contributed by atoms with E-state index in [1.807, 2.05) is 6.92 Å². The van der Waals surface area contributed by atoms with Gasteiger partial charge >= 0.3 is 0 Å². The summed E-state index contributed by atoms with van der Waals surface area (Å²) in [5.74, 6) is -0.126. The summed E-state index contributed by atoms with van der Waals surface area (Å²) in [6, 6.07) is 0. The molecule has 0 aliphatic carbocycles. The molecule has 2 heterocycles. The fourth-order valence-corrected chi connectivity index (χ4v) is 1.82. The van der Waals surface area contributed by atoms with E-state index in [0.29, 0.717) is 18.1 Å². The van der Waals surface area contributed by atoms with Crippen molar-refractivity contribution in [2.24, 2.45) is 0 Å². The van der Waals surface area contributed by atoms with Gasteiger partial charge in [0.05, 0.1) is 6.54 Å². The highest BCUT2D eigenvalue weighted by Gasteiger charge is 2.07. The molecule has 0 unspecified atom stereocenters. The number of hydrogen-bond donors (Lipinski definition) is 1. The molecule has 0 fully saturated rings. The largest absolute Gasteiger partial charge is 0.300 e. The van der Waals surface area contributed by atoms with Crippen LogP contribution in [0.25, 0.3) is 0 Å². The number of carbonyl (C=O) groups excluding carboxylic acids is 1. The van der Waals surface area contributed by atoms with Crippen molar-refractivity contribution < 1.29 is 4.79 Å². The lowest BCUT2D eigenvalue weighted by Gasteiger charge is -1.99. The summed E-state index contributed by atoms with van der Waals surface area (Å²) in [6.07, 6.45) is 2.58. The molecule has 0 saturated carbocycles. The number of aromatic nitrogens is 6. The number of anilines is 1. The standard InChI is InChI=1S/C8H11N7OS/c1-2-7-11-12-8(17-7)10-6(16)3-4-15-5-9-13-14-15/h5H,2-4H2,1H3,(H,10,12,16). The van der Waals surface area contributed by atoms with E-state index in [-0.39, 0.29) is 5.91 Å². The highest BCUT2D eigenvalue weighted by Crippen LogP contribution is 2.15. The first kappa shape index (κ1) is 11.6. The van der Waals surface area contributed by atoms with Gasteiger partial charge in [-0.15, -0.1) is 15.3 Å². The van der Waals surface area contributed by atoms with Crippen LogP contribution in [-0.4, -0.2) is 36.3 Å². The molecular formula is C8H11N7OS. The normalized spacial score (nSPS) is 10.4. The predicted octanol–water partition coefficient (Wildman–Crippen LogP) is 0.116. The Balaban J connectivity index is 1.81. The van der Waals surface area contributed by atoms with Gasteiger partial charge in [-0.2, -0.15) is 0 Å². The van der Waals surface area contributed by atoms with Crippen molar-refractivity contribution in [3.63, 3.8) is 0 Å². The first-order valence-corrected chi connectivity index (χ1v) is 5.92. The van der Waals surface area contributed by atoms with Gasteiger partial charge in [0.2, 0.25) is 11.0 Å². The van der Waals surface area contributed by atoms with Crippen molar-refractivity contribution in [2.45, 2.75) is 26.3 Å². The van der Waals surface area contributed by atoms with E-state index in [9.17, 15) is 4.79 Å². The molecule has 0 saturated heterocycles. The van der Waals surface area contributed by atoms with E-state index in [2.05, 4.69) is 31.0 Å². The van der Waals surface area contributed by atoms with Crippen LogP contribution in [-0.2, 0) is 17.8 Å². The number of carbonyl (C=O) groups is 1. The van der Waals surface area contributed by atoms with Gasteiger partial charge in [0, 0.05) is 6.42 Å². The van der Waals surface area contributed by atoms with Crippen molar-refractivity contribution in [2.75, 3.05) is 5.32 Å². The molecule has 0 atom stereocenters. The Morgan fingerprint density at radius 2 is 2.41 bits per heavy atom. The first-order valence-electron chi connectivity index (χ1n) is 5.11. The van der Waals surface area contributed by atoms with Crippen molar-refractivity contribution in [3.8, 4) is 0 Å². The number of nitrogens with zero attached hydrogens (tertiary/aromatic N) is 6. The molecule has 1 N–H and O–H groups in total. The molecule has 90 valence electrons. The molecule has 2 rings (SSSR count). The van der Waals surface area contributed by atoms with Crippen LogP contribution >= 0.6 is 11.3 Å². The summed E-state index contributed by atoms with van der Waals surface area (Å²) < 4.78 is 1.50. The molecule has 17 heavy (non-hydrogen) atoms. The third-order valence-electron chi connectivity index (χ3n) is 1.98. The Hall–Kier alpha value is -1.90. The zero-order valence-electron chi connectivity index (χ0n) is 9.20. The van der Waals surface area contributed by atoms with Gasteiger partial charge < -0.3 is 5.32 Å². The van der Waals surface area contributed by atoms with Gasteiger partial charge in [0.1, 0.15) is 11.3 Å². The molecule has 2 aromatic rings. The first-order chi connectivity index (χ1) is 8.28. The molecule has 0 bridgehead atoms. The van der Waals surface area contributed by atoms with E-state index >= 15 is 0 Å². The van der Waals surface area contributed by atoms with Crippen LogP contribution in [0.1, 0.15) is 18.4 Å². The molecule has 0 spiro atoms. The zero-order chi connectivity index (χ0) is 12.1. The topological polar surface area (TPSA) is 98.5 Å². The van der Waals surface area contributed by atoms with Gasteiger partial charge in [-0.1, -0.05) is 18.3 Å². The van der Waals surface area contributed by atoms with E-state index in [1.165, 1.54) is 22.3 Å². The van der Waals surface area contributed by atoms with Gasteiger partial charge in [-0.25, -0.2) is 4.68 Å². The Morgan fingerprint density at radius 1 is 1.53 bits per heavy atom. The van der Waals surface area contributed by atoms with Gasteiger partial charge in [0.15, 0.2) is 0 Å². The van der Waals surface area contributed by atoms with Crippen LogP contribution in [0.4, 0.5) is 5.13 Å². The number of hydrogen-bond acceptors (Lipinski definition) is 7. The van der Waals surface area contributed by atoms with Crippen LogP contribution in [0.15, 0.2) is 6.33 Å². The third kappa shape index (κ3) is 3.28. The summed E-state index contributed by atoms with van der Waals surface area (Å²) in [7, 11) is 0. The van der Waals surface area contributed by atoms with E-state index < -0.39 is 0 Å². The fraction of sp³-hybridized carbons (Fsp3) is 0.500. The van der Waals surface area contributed by atoms with Crippen molar-refractivity contribution >= 4 is 22.4 Å². The monoisotopic (exact) mass is 253 g/mol. The minimum absolute atomic E-state index is 0.126. The van der Waals surface area contributed by atoms with E-state index in [4.69, 9.17) is 0 Å². The molecule has 0 radical (unpaired) electrons. The van der Waals surface area contributed by atoms with Crippen LogP contribution < -0.4 is 5.32 Å². The molecular weight excluding hydrogens is 242 g/mol. The van der Waals surface area contributed by atoms with Crippen LogP contribution in [0.3, 0.4) is 0 Å². The number of nitrogens with one attached hydrogen (secondary N) is 1. The van der Waals surface area contributed by atoms with Gasteiger partial charge in [-0.05, 0) is 16.8 Å².